The second-order valence-corrected chi connectivity index (χ2v) is 7.92. The number of benzene rings is 1. The first-order valence-corrected chi connectivity index (χ1v) is 9.10. The number of aromatic nitrogens is 1. The molecule has 0 atom stereocenters. The monoisotopic (exact) mass is 438 g/mol. The van der Waals surface area contributed by atoms with Gasteiger partial charge in [0.15, 0.2) is 5.75 Å². The minimum Gasteiger partial charge on any atom is -0.506 e. The molecule has 3 rings (SSSR count). The minimum atomic E-state index is -0.843. The zero-order valence-corrected chi connectivity index (χ0v) is 16.7. The number of hydrogen-bond acceptors (Lipinski definition) is 6. The van der Waals surface area contributed by atoms with E-state index in [0.29, 0.717) is 21.1 Å². The number of nitrogens with one attached hydrogen (secondary N) is 1. The standard InChI is InChI=1S/C18H19BrN2O6/c1-18(2,3)27-11(22)8-20-16(24)12-14(23)9-4-5-10(19)15-13(9)21(17(12)25)6-7-26-15/h4-5,23H,6-8H2,1-3H3,(H,20,24). The van der Waals surface area contributed by atoms with Gasteiger partial charge in [-0.15, -0.1) is 0 Å². The Hall–Kier alpha value is -2.55. The van der Waals surface area contributed by atoms with Crippen molar-refractivity contribution in [1.82, 2.24) is 9.88 Å². The molecule has 0 radical (unpaired) electrons. The lowest BCUT2D eigenvalue weighted by molar-refractivity contribution is -0.153. The molecule has 1 aromatic carbocycles. The average molecular weight is 439 g/mol. The van der Waals surface area contributed by atoms with E-state index in [9.17, 15) is 19.5 Å². The fraction of sp³-hybridized carbons (Fsp3) is 0.389. The van der Waals surface area contributed by atoms with Gasteiger partial charge >= 0.3 is 5.97 Å². The highest BCUT2D eigenvalue weighted by atomic mass is 79.9. The van der Waals surface area contributed by atoms with Crippen LogP contribution in [-0.2, 0) is 16.1 Å². The summed E-state index contributed by atoms with van der Waals surface area (Å²) in [6, 6.07) is 3.26. The van der Waals surface area contributed by atoms with Gasteiger partial charge in [-0.05, 0) is 48.8 Å². The molecule has 144 valence electrons. The Labute approximate surface area is 163 Å². The molecule has 8 nitrogen and oxygen atoms in total. The summed E-state index contributed by atoms with van der Waals surface area (Å²) in [7, 11) is 0. The van der Waals surface area contributed by atoms with E-state index in [1.54, 1.807) is 32.9 Å². The summed E-state index contributed by atoms with van der Waals surface area (Å²) >= 11 is 3.35. The number of carbonyl (C=O) groups is 2. The second kappa shape index (κ2) is 6.88. The molecule has 0 saturated heterocycles. The van der Waals surface area contributed by atoms with Gasteiger partial charge in [0.05, 0.1) is 16.5 Å². The number of aromatic hydroxyl groups is 1. The van der Waals surface area contributed by atoms with Crippen molar-refractivity contribution in [3.63, 3.8) is 0 Å². The maximum absolute atomic E-state index is 12.8. The van der Waals surface area contributed by atoms with Gasteiger partial charge in [0.1, 0.15) is 30.1 Å². The van der Waals surface area contributed by atoms with Gasteiger partial charge in [-0.25, -0.2) is 0 Å². The summed E-state index contributed by atoms with van der Waals surface area (Å²) in [6.07, 6.45) is 0. The van der Waals surface area contributed by atoms with E-state index < -0.39 is 40.9 Å². The molecule has 0 unspecified atom stereocenters. The summed E-state index contributed by atoms with van der Waals surface area (Å²) in [5.74, 6) is -1.50. The Bertz CT molecular complexity index is 1010. The van der Waals surface area contributed by atoms with Gasteiger partial charge in [-0.3, -0.25) is 14.4 Å². The van der Waals surface area contributed by atoms with Crippen LogP contribution in [0.3, 0.4) is 0 Å². The quantitative estimate of drug-likeness (QED) is 0.708. The minimum absolute atomic E-state index is 0.241. The van der Waals surface area contributed by atoms with Crippen LogP contribution in [0.2, 0.25) is 0 Å². The van der Waals surface area contributed by atoms with Gasteiger partial charge in [0.25, 0.3) is 11.5 Å². The number of halogens is 1. The highest BCUT2D eigenvalue weighted by Gasteiger charge is 2.27. The Morgan fingerprint density at radius 2 is 2.07 bits per heavy atom. The second-order valence-electron chi connectivity index (χ2n) is 7.07. The van der Waals surface area contributed by atoms with Crippen molar-refractivity contribution in [3.05, 3.63) is 32.5 Å². The third-order valence-electron chi connectivity index (χ3n) is 3.91. The Balaban J connectivity index is 1.99. The fourth-order valence-corrected chi connectivity index (χ4v) is 3.33. The zero-order chi connectivity index (χ0) is 19.9. The smallest absolute Gasteiger partial charge is 0.325 e. The number of pyridine rings is 1. The third kappa shape index (κ3) is 3.64. The van der Waals surface area contributed by atoms with Crippen LogP contribution in [0.4, 0.5) is 0 Å². The summed E-state index contributed by atoms with van der Waals surface area (Å²) in [6.45, 7) is 5.20. The van der Waals surface area contributed by atoms with Crippen molar-refractivity contribution in [2.45, 2.75) is 32.9 Å². The van der Waals surface area contributed by atoms with Crippen molar-refractivity contribution in [3.8, 4) is 11.5 Å². The van der Waals surface area contributed by atoms with Crippen LogP contribution in [0.5, 0.6) is 11.5 Å². The SMILES string of the molecule is CC(C)(C)OC(=O)CNC(=O)c1c(O)c2ccc(Br)c3c2n(c1=O)CCO3. The van der Waals surface area contributed by atoms with Crippen molar-refractivity contribution < 1.29 is 24.2 Å². The van der Waals surface area contributed by atoms with Crippen molar-refractivity contribution >= 4 is 38.7 Å². The van der Waals surface area contributed by atoms with E-state index in [1.807, 2.05) is 0 Å². The first kappa shape index (κ1) is 19.2. The lowest BCUT2D eigenvalue weighted by atomic mass is 10.1. The molecule has 0 fully saturated rings. The van der Waals surface area contributed by atoms with Gasteiger partial charge in [0, 0.05) is 5.39 Å². The molecule has 9 heteroatoms. The zero-order valence-electron chi connectivity index (χ0n) is 15.1. The van der Waals surface area contributed by atoms with E-state index in [-0.39, 0.29) is 13.2 Å². The van der Waals surface area contributed by atoms with Gasteiger partial charge in [0.2, 0.25) is 0 Å². The average Bonchev–Trinajstić information content (AvgIpc) is 2.57. The lowest BCUT2D eigenvalue weighted by Crippen LogP contribution is -2.39. The topological polar surface area (TPSA) is 107 Å². The Morgan fingerprint density at radius 1 is 1.37 bits per heavy atom. The number of amides is 1. The largest absolute Gasteiger partial charge is 0.506 e. The molecule has 0 aliphatic carbocycles. The number of esters is 1. The first-order valence-electron chi connectivity index (χ1n) is 8.31. The first-order chi connectivity index (χ1) is 12.6. The highest BCUT2D eigenvalue weighted by Crippen LogP contribution is 2.39. The summed E-state index contributed by atoms with van der Waals surface area (Å²) in [5.41, 5.74) is -1.34. The third-order valence-corrected chi connectivity index (χ3v) is 4.53. The summed E-state index contributed by atoms with van der Waals surface area (Å²) < 4.78 is 12.7. The van der Waals surface area contributed by atoms with Crippen LogP contribution >= 0.6 is 15.9 Å². The molecule has 1 aliphatic rings. The van der Waals surface area contributed by atoms with E-state index in [0.717, 1.165) is 0 Å². The van der Waals surface area contributed by atoms with Crippen LogP contribution in [0.25, 0.3) is 10.9 Å². The fourth-order valence-electron chi connectivity index (χ4n) is 2.89. The van der Waals surface area contributed by atoms with Gasteiger partial charge in [-0.2, -0.15) is 0 Å². The lowest BCUT2D eigenvalue weighted by Gasteiger charge is -2.23. The highest BCUT2D eigenvalue weighted by molar-refractivity contribution is 9.10. The molecule has 27 heavy (non-hydrogen) atoms. The Kier molecular flexibility index (Phi) is 4.90. The number of nitrogens with zero attached hydrogens (tertiary/aromatic N) is 1. The predicted octanol–water partition coefficient (Wildman–Crippen LogP) is 1.93. The molecular weight excluding hydrogens is 420 g/mol. The maximum atomic E-state index is 12.8. The molecule has 1 aromatic heterocycles. The van der Waals surface area contributed by atoms with Crippen LogP contribution in [0, 0.1) is 0 Å². The molecule has 2 N–H and O–H groups in total. The van der Waals surface area contributed by atoms with Crippen molar-refractivity contribution in [1.29, 1.82) is 0 Å². The van der Waals surface area contributed by atoms with Crippen molar-refractivity contribution in [2.24, 2.45) is 0 Å². The molecule has 1 aliphatic heterocycles. The summed E-state index contributed by atoms with van der Waals surface area (Å²) in [4.78, 5) is 37.1. The van der Waals surface area contributed by atoms with E-state index in [4.69, 9.17) is 9.47 Å². The maximum Gasteiger partial charge on any atom is 0.325 e. The molecular formula is C18H19BrN2O6. The van der Waals surface area contributed by atoms with Gasteiger partial charge in [-0.1, -0.05) is 0 Å². The normalized spacial score (nSPS) is 13.2. The summed E-state index contributed by atoms with van der Waals surface area (Å²) in [5, 5.41) is 13.2. The predicted molar refractivity (Wildman–Crippen MR) is 101 cm³/mol. The van der Waals surface area contributed by atoms with Crippen LogP contribution in [0.1, 0.15) is 31.1 Å². The molecule has 2 aromatic rings. The number of ether oxygens (including phenoxy) is 2. The van der Waals surface area contributed by atoms with Crippen molar-refractivity contribution in [2.75, 3.05) is 13.2 Å². The molecule has 2 heterocycles. The molecule has 1 amide bonds. The number of carbonyl (C=O) groups excluding carboxylic acids is 2. The van der Waals surface area contributed by atoms with Crippen LogP contribution < -0.4 is 15.6 Å². The molecule has 0 bridgehead atoms. The van der Waals surface area contributed by atoms with Gasteiger partial charge < -0.3 is 24.5 Å². The van der Waals surface area contributed by atoms with Crippen LogP contribution in [0.15, 0.2) is 21.4 Å². The molecule has 0 spiro atoms. The molecule has 0 saturated carbocycles. The van der Waals surface area contributed by atoms with E-state index in [2.05, 4.69) is 21.2 Å². The van der Waals surface area contributed by atoms with Crippen LogP contribution in [-0.4, -0.2) is 40.3 Å². The van der Waals surface area contributed by atoms with E-state index in [1.165, 1.54) is 4.57 Å². The Morgan fingerprint density at radius 3 is 2.74 bits per heavy atom. The number of hydrogen-bond donors (Lipinski definition) is 2. The van der Waals surface area contributed by atoms with E-state index >= 15 is 0 Å². The number of rotatable bonds is 3.